The van der Waals surface area contributed by atoms with Gasteiger partial charge in [-0.15, -0.1) is 0 Å². The summed E-state index contributed by atoms with van der Waals surface area (Å²) in [6, 6.07) is 12.5. The maximum Gasteiger partial charge on any atom is 0.279 e. The van der Waals surface area contributed by atoms with Crippen molar-refractivity contribution in [1.82, 2.24) is 10.9 Å². The molecule has 1 aliphatic heterocycles. The third-order valence-corrected chi connectivity index (χ3v) is 4.94. The zero-order valence-corrected chi connectivity index (χ0v) is 17.1. The van der Waals surface area contributed by atoms with E-state index >= 15 is 0 Å². The van der Waals surface area contributed by atoms with Crippen molar-refractivity contribution in [3.05, 3.63) is 58.8 Å². The molecule has 1 aliphatic rings. The molecule has 152 valence electrons. The molecule has 0 saturated carbocycles. The number of nitrogens with zero attached hydrogens (tertiary/aromatic N) is 1. The fourth-order valence-corrected chi connectivity index (χ4v) is 3.29. The summed E-state index contributed by atoms with van der Waals surface area (Å²) in [5.74, 6) is -2.50. The number of benzene rings is 2. The quantitative estimate of drug-likeness (QED) is 0.526. The maximum atomic E-state index is 12.9. The highest BCUT2D eigenvalue weighted by atomic mass is 79.9. The fourth-order valence-electron chi connectivity index (χ4n) is 2.91. The first-order valence-corrected chi connectivity index (χ1v) is 9.73. The summed E-state index contributed by atoms with van der Waals surface area (Å²) in [4.78, 5) is 38.6. The number of carbonyl (C=O) groups is 3. The zero-order valence-electron chi connectivity index (χ0n) is 15.5. The Morgan fingerprint density at radius 3 is 2.62 bits per heavy atom. The van der Waals surface area contributed by atoms with E-state index in [0.717, 1.165) is 4.47 Å². The van der Waals surface area contributed by atoms with Gasteiger partial charge in [0.25, 0.3) is 11.8 Å². The van der Waals surface area contributed by atoms with E-state index in [-0.39, 0.29) is 5.91 Å². The van der Waals surface area contributed by atoms with Gasteiger partial charge in [0.1, 0.15) is 17.5 Å². The summed E-state index contributed by atoms with van der Waals surface area (Å²) in [5, 5.41) is 0. The first-order chi connectivity index (χ1) is 13.8. The third kappa shape index (κ3) is 5.11. The van der Waals surface area contributed by atoms with Crippen LogP contribution in [0.25, 0.3) is 0 Å². The number of ether oxygens (including phenoxy) is 1. The summed E-state index contributed by atoms with van der Waals surface area (Å²) in [6.07, 6.45) is -0.590. The molecule has 3 rings (SSSR count). The van der Waals surface area contributed by atoms with Gasteiger partial charge in [0.05, 0.1) is 0 Å². The molecule has 1 saturated heterocycles. The Morgan fingerprint density at radius 2 is 1.93 bits per heavy atom. The number of hydrazine groups is 1. The second-order valence-corrected chi connectivity index (χ2v) is 7.42. The minimum Gasteiger partial charge on any atom is -0.481 e. The fraction of sp³-hybridized carbons (Fsp3) is 0.250. The van der Waals surface area contributed by atoms with E-state index in [2.05, 4.69) is 26.8 Å². The second kappa shape index (κ2) is 9.04. The van der Waals surface area contributed by atoms with Gasteiger partial charge in [-0.3, -0.25) is 25.2 Å². The minimum absolute atomic E-state index is 0.316. The summed E-state index contributed by atoms with van der Waals surface area (Å²) in [7, 11) is 0. The van der Waals surface area contributed by atoms with Crippen LogP contribution in [0, 0.1) is 11.7 Å². The summed E-state index contributed by atoms with van der Waals surface area (Å²) < 4.78 is 19.1. The molecule has 0 bridgehead atoms. The predicted octanol–water partition coefficient (Wildman–Crippen LogP) is 2.56. The normalized spacial score (nSPS) is 17.0. The van der Waals surface area contributed by atoms with E-state index in [4.69, 9.17) is 4.74 Å². The van der Waals surface area contributed by atoms with Crippen molar-refractivity contribution in [3.8, 4) is 5.75 Å². The van der Waals surface area contributed by atoms with E-state index in [0.29, 0.717) is 24.4 Å². The highest BCUT2D eigenvalue weighted by molar-refractivity contribution is 9.10. The van der Waals surface area contributed by atoms with Gasteiger partial charge < -0.3 is 9.64 Å². The molecule has 9 heteroatoms. The average molecular weight is 464 g/mol. The Bertz CT molecular complexity index is 922. The Kier molecular flexibility index (Phi) is 6.48. The smallest absolute Gasteiger partial charge is 0.279 e. The van der Waals surface area contributed by atoms with Crippen molar-refractivity contribution >= 4 is 39.3 Å². The molecule has 2 aromatic carbocycles. The molecular weight excluding hydrogens is 445 g/mol. The highest BCUT2D eigenvalue weighted by Gasteiger charge is 2.38. The van der Waals surface area contributed by atoms with Crippen molar-refractivity contribution in [2.75, 3.05) is 11.4 Å². The van der Waals surface area contributed by atoms with E-state index < -0.39 is 29.7 Å². The Balaban J connectivity index is 1.51. The molecule has 2 aromatic rings. The number of carbonyl (C=O) groups excluding carboxylic acids is 3. The Hall–Kier alpha value is -2.94. The molecule has 0 radical (unpaired) electrons. The first-order valence-electron chi connectivity index (χ1n) is 8.94. The molecule has 7 nitrogen and oxygen atoms in total. The van der Waals surface area contributed by atoms with Crippen LogP contribution in [-0.2, 0) is 14.4 Å². The van der Waals surface area contributed by atoms with Crippen molar-refractivity contribution in [3.63, 3.8) is 0 Å². The number of anilines is 1. The lowest BCUT2D eigenvalue weighted by Crippen LogP contribution is -2.50. The minimum atomic E-state index is -0.932. The van der Waals surface area contributed by atoms with Gasteiger partial charge in [-0.05, 0) is 55.8 Å². The van der Waals surface area contributed by atoms with E-state index in [9.17, 15) is 18.8 Å². The van der Waals surface area contributed by atoms with Gasteiger partial charge in [-0.25, -0.2) is 4.39 Å². The number of rotatable bonds is 5. The van der Waals surface area contributed by atoms with Crippen LogP contribution in [-0.4, -0.2) is 30.4 Å². The van der Waals surface area contributed by atoms with E-state index in [1.807, 2.05) is 12.1 Å². The summed E-state index contributed by atoms with van der Waals surface area (Å²) in [5.41, 5.74) is 5.24. The van der Waals surface area contributed by atoms with Gasteiger partial charge in [0.15, 0.2) is 6.10 Å². The average Bonchev–Trinajstić information content (AvgIpc) is 3.09. The predicted molar refractivity (Wildman–Crippen MR) is 107 cm³/mol. The van der Waals surface area contributed by atoms with Crippen LogP contribution in [0.1, 0.15) is 13.3 Å². The highest BCUT2D eigenvalue weighted by Crippen LogP contribution is 2.27. The van der Waals surface area contributed by atoms with Crippen LogP contribution in [0.5, 0.6) is 5.75 Å². The van der Waals surface area contributed by atoms with Gasteiger partial charge in [0.2, 0.25) is 5.91 Å². The lowest BCUT2D eigenvalue weighted by Gasteiger charge is -2.18. The molecule has 0 spiro atoms. The molecule has 1 fully saturated rings. The van der Waals surface area contributed by atoms with Crippen LogP contribution in [0.3, 0.4) is 0 Å². The molecule has 29 heavy (non-hydrogen) atoms. The van der Waals surface area contributed by atoms with Crippen molar-refractivity contribution < 1.29 is 23.5 Å². The molecular formula is C20H19BrFN3O4. The van der Waals surface area contributed by atoms with Crippen LogP contribution in [0.4, 0.5) is 10.1 Å². The molecule has 2 atom stereocenters. The molecule has 2 unspecified atom stereocenters. The molecule has 0 aromatic heterocycles. The number of nitrogens with one attached hydrogen (secondary N) is 2. The monoisotopic (exact) mass is 463 g/mol. The zero-order chi connectivity index (χ0) is 21.0. The maximum absolute atomic E-state index is 12.9. The van der Waals surface area contributed by atoms with E-state index in [1.54, 1.807) is 12.1 Å². The van der Waals surface area contributed by atoms with Gasteiger partial charge in [-0.1, -0.05) is 22.0 Å². The molecule has 0 aliphatic carbocycles. The summed E-state index contributed by atoms with van der Waals surface area (Å²) >= 11 is 3.36. The summed E-state index contributed by atoms with van der Waals surface area (Å²) in [6.45, 7) is 1.89. The molecule has 2 N–H and O–H groups in total. The standard InChI is InChI=1S/C20H19BrFN3O4/c1-12(29-16-7-5-14(22)6-8-16)18(26)23-24-19(27)17-9-10-25(20(17)28)15-4-2-3-13(21)11-15/h2-8,11-12,17H,9-10H2,1H3,(H,23,26)(H,24,27). The Labute approximate surface area is 175 Å². The van der Waals surface area contributed by atoms with Crippen molar-refractivity contribution in [2.24, 2.45) is 5.92 Å². The topological polar surface area (TPSA) is 87.7 Å². The lowest BCUT2D eigenvalue weighted by atomic mass is 10.1. The number of hydrogen-bond donors (Lipinski definition) is 2. The van der Waals surface area contributed by atoms with Crippen LogP contribution < -0.4 is 20.5 Å². The van der Waals surface area contributed by atoms with Crippen molar-refractivity contribution in [2.45, 2.75) is 19.4 Å². The first kappa shape index (κ1) is 20.8. The second-order valence-electron chi connectivity index (χ2n) is 6.50. The third-order valence-electron chi connectivity index (χ3n) is 4.45. The van der Waals surface area contributed by atoms with Crippen LogP contribution >= 0.6 is 15.9 Å². The van der Waals surface area contributed by atoms with Gasteiger partial charge in [-0.2, -0.15) is 0 Å². The van der Waals surface area contributed by atoms with E-state index in [1.165, 1.54) is 36.1 Å². The SMILES string of the molecule is CC(Oc1ccc(F)cc1)C(=O)NNC(=O)C1CCN(c2cccc(Br)c2)C1=O. The van der Waals surface area contributed by atoms with Crippen LogP contribution in [0.15, 0.2) is 53.0 Å². The Morgan fingerprint density at radius 1 is 1.21 bits per heavy atom. The largest absolute Gasteiger partial charge is 0.481 e. The number of halogens is 2. The van der Waals surface area contributed by atoms with Crippen molar-refractivity contribution in [1.29, 1.82) is 0 Å². The van der Waals surface area contributed by atoms with Crippen LogP contribution in [0.2, 0.25) is 0 Å². The number of hydrogen-bond acceptors (Lipinski definition) is 4. The lowest BCUT2D eigenvalue weighted by molar-refractivity contribution is -0.137. The van der Waals surface area contributed by atoms with Gasteiger partial charge in [0, 0.05) is 16.7 Å². The number of amides is 3. The van der Waals surface area contributed by atoms with Gasteiger partial charge >= 0.3 is 0 Å². The molecule has 3 amide bonds. The molecule has 1 heterocycles.